The molecule has 1 heterocycles. The molecule has 1 aromatic heterocycles. The van der Waals surface area contributed by atoms with Gasteiger partial charge in [-0.05, 0) is 29.8 Å². The van der Waals surface area contributed by atoms with Gasteiger partial charge in [0.05, 0.1) is 6.26 Å². The van der Waals surface area contributed by atoms with Crippen LogP contribution in [0.5, 0.6) is 0 Å². The Balaban J connectivity index is 1.90. The molecule has 0 aliphatic carbocycles. The molecule has 4 heteroatoms. The molecule has 0 atom stereocenters. The van der Waals surface area contributed by atoms with E-state index in [1.165, 1.54) is 12.1 Å². The van der Waals surface area contributed by atoms with E-state index in [4.69, 9.17) is 4.42 Å². The number of ketones is 1. The highest BCUT2D eigenvalue weighted by Crippen LogP contribution is 2.11. The highest BCUT2D eigenvalue weighted by molar-refractivity contribution is 5.81. The number of carbonyl (C=O) groups is 1. The number of aryl methyl sites for hydroxylation is 1. The Bertz CT molecular complexity index is 512. The van der Waals surface area contributed by atoms with Gasteiger partial charge < -0.3 is 4.42 Å². The first-order valence-corrected chi connectivity index (χ1v) is 5.62. The Labute approximate surface area is 103 Å². The normalized spacial score (nSPS) is 10.6. The Morgan fingerprint density at radius 2 is 1.89 bits per heavy atom. The van der Waals surface area contributed by atoms with Gasteiger partial charge in [-0.2, -0.15) is 0 Å². The largest absolute Gasteiger partial charge is 0.469 e. The molecule has 18 heavy (non-hydrogen) atoms. The first kappa shape index (κ1) is 12.5. The van der Waals surface area contributed by atoms with E-state index >= 15 is 0 Å². The molecule has 2 aromatic rings. The predicted octanol–water partition coefficient (Wildman–Crippen LogP) is 3.30. The van der Waals surface area contributed by atoms with Crippen molar-refractivity contribution in [2.45, 2.75) is 19.3 Å². The number of hydrogen-bond acceptors (Lipinski definition) is 2. The van der Waals surface area contributed by atoms with Gasteiger partial charge >= 0.3 is 0 Å². The second-order valence-corrected chi connectivity index (χ2v) is 4.07. The summed E-state index contributed by atoms with van der Waals surface area (Å²) in [6, 6.07) is 6.68. The number of hydrogen-bond donors (Lipinski definition) is 0. The zero-order chi connectivity index (χ0) is 13.0. The minimum absolute atomic E-state index is 0.0371. The maximum absolute atomic E-state index is 12.9. The highest BCUT2D eigenvalue weighted by Gasteiger charge is 2.08. The summed E-state index contributed by atoms with van der Waals surface area (Å²) < 4.78 is 30.9. The molecule has 0 aliphatic heterocycles. The third-order valence-electron chi connectivity index (χ3n) is 2.55. The monoisotopic (exact) mass is 250 g/mol. The quantitative estimate of drug-likeness (QED) is 0.815. The maximum atomic E-state index is 12.9. The van der Waals surface area contributed by atoms with Crippen molar-refractivity contribution in [1.82, 2.24) is 0 Å². The standard InChI is InChI=1S/C14H12F2O2/c15-11-6-10(7-12(16)9-11)8-13(17)3-4-14-2-1-5-18-14/h1-2,5-7,9H,3-4,8H2. The Morgan fingerprint density at radius 1 is 1.17 bits per heavy atom. The summed E-state index contributed by atoms with van der Waals surface area (Å²) in [5, 5.41) is 0. The lowest BCUT2D eigenvalue weighted by atomic mass is 10.0. The van der Waals surface area contributed by atoms with Gasteiger partial charge in [0.25, 0.3) is 0 Å². The van der Waals surface area contributed by atoms with Crippen LogP contribution in [0.1, 0.15) is 17.7 Å². The van der Waals surface area contributed by atoms with Gasteiger partial charge in [-0.1, -0.05) is 0 Å². The van der Waals surface area contributed by atoms with E-state index in [0.717, 1.165) is 11.8 Å². The fourth-order valence-corrected chi connectivity index (χ4v) is 1.75. The van der Waals surface area contributed by atoms with Crippen molar-refractivity contribution in [2.24, 2.45) is 0 Å². The van der Waals surface area contributed by atoms with Crippen LogP contribution in [0.15, 0.2) is 41.0 Å². The molecule has 0 saturated carbocycles. The number of carbonyl (C=O) groups excluding carboxylic acids is 1. The topological polar surface area (TPSA) is 30.2 Å². The third kappa shape index (κ3) is 3.52. The van der Waals surface area contributed by atoms with Gasteiger partial charge in [-0.25, -0.2) is 8.78 Å². The van der Waals surface area contributed by atoms with E-state index < -0.39 is 11.6 Å². The summed E-state index contributed by atoms with van der Waals surface area (Å²) in [7, 11) is 0. The first-order chi connectivity index (χ1) is 8.63. The zero-order valence-corrected chi connectivity index (χ0v) is 9.66. The fraction of sp³-hybridized carbons (Fsp3) is 0.214. The van der Waals surface area contributed by atoms with E-state index in [2.05, 4.69) is 0 Å². The van der Waals surface area contributed by atoms with E-state index in [9.17, 15) is 13.6 Å². The summed E-state index contributed by atoms with van der Waals surface area (Å²) in [4.78, 5) is 11.6. The summed E-state index contributed by atoms with van der Waals surface area (Å²) >= 11 is 0. The van der Waals surface area contributed by atoms with Crippen molar-refractivity contribution in [1.29, 1.82) is 0 Å². The van der Waals surface area contributed by atoms with E-state index in [0.29, 0.717) is 18.4 Å². The Hall–Kier alpha value is -1.97. The average Bonchev–Trinajstić information content (AvgIpc) is 2.77. The Kier molecular flexibility index (Phi) is 3.87. The molecule has 0 N–H and O–H groups in total. The molecular formula is C14H12F2O2. The second kappa shape index (κ2) is 5.58. The summed E-state index contributed by atoms with van der Waals surface area (Å²) in [6.07, 6.45) is 2.38. The van der Waals surface area contributed by atoms with Crippen molar-refractivity contribution >= 4 is 5.78 Å². The lowest BCUT2D eigenvalue weighted by molar-refractivity contribution is -0.118. The van der Waals surface area contributed by atoms with Gasteiger partial charge in [0, 0.05) is 25.3 Å². The molecule has 0 unspecified atom stereocenters. The van der Waals surface area contributed by atoms with Gasteiger partial charge in [0.1, 0.15) is 23.2 Å². The van der Waals surface area contributed by atoms with Crippen LogP contribution in [0.3, 0.4) is 0 Å². The SMILES string of the molecule is O=C(CCc1ccco1)Cc1cc(F)cc(F)c1. The lowest BCUT2D eigenvalue weighted by Crippen LogP contribution is -2.04. The van der Waals surface area contributed by atoms with Crippen LogP contribution in [0.25, 0.3) is 0 Å². The van der Waals surface area contributed by atoms with Crippen molar-refractivity contribution in [2.75, 3.05) is 0 Å². The van der Waals surface area contributed by atoms with Crippen molar-refractivity contribution < 1.29 is 18.0 Å². The molecule has 0 saturated heterocycles. The molecule has 1 aromatic carbocycles. The van der Waals surface area contributed by atoms with Gasteiger partial charge in [-0.3, -0.25) is 4.79 Å². The van der Waals surface area contributed by atoms with Crippen LogP contribution in [0.2, 0.25) is 0 Å². The summed E-state index contributed by atoms with van der Waals surface area (Å²) in [5.74, 6) is -0.669. The molecule has 0 aliphatic rings. The van der Waals surface area contributed by atoms with Gasteiger partial charge in [0.15, 0.2) is 0 Å². The predicted molar refractivity (Wildman–Crippen MR) is 62.1 cm³/mol. The third-order valence-corrected chi connectivity index (χ3v) is 2.55. The molecule has 0 radical (unpaired) electrons. The number of benzene rings is 1. The lowest BCUT2D eigenvalue weighted by Gasteiger charge is -2.01. The Morgan fingerprint density at radius 3 is 2.50 bits per heavy atom. The number of furan rings is 1. The molecule has 2 nitrogen and oxygen atoms in total. The molecular weight excluding hydrogens is 238 g/mol. The second-order valence-electron chi connectivity index (χ2n) is 4.07. The molecule has 0 bridgehead atoms. The van der Waals surface area contributed by atoms with Crippen LogP contribution in [0, 0.1) is 11.6 Å². The molecule has 0 fully saturated rings. The van der Waals surface area contributed by atoms with Gasteiger partial charge in [0.2, 0.25) is 0 Å². The fourth-order valence-electron chi connectivity index (χ4n) is 1.75. The van der Waals surface area contributed by atoms with Crippen molar-refractivity contribution in [3.63, 3.8) is 0 Å². The van der Waals surface area contributed by atoms with Crippen LogP contribution < -0.4 is 0 Å². The minimum Gasteiger partial charge on any atom is -0.469 e. The first-order valence-electron chi connectivity index (χ1n) is 5.62. The van der Waals surface area contributed by atoms with E-state index in [1.807, 2.05) is 0 Å². The maximum Gasteiger partial charge on any atom is 0.137 e. The molecule has 94 valence electrons. The van der Waals surface area contributed by atoms with Gasteiger partial charge in [-0.15, -0.1) is 0 Å². The van der Waals surface area contributed by atoms with Crippen molar-refractivity contribution in [3.8, 4) is 0 Å². The minimum atomic E-state index is -0.663. The molecule has 2 rings (SSSR count). The zero-order valence-electron chi connectivity index (χ0n) is 9.66. The number of rotatable bonds is 5. The van der Waals surface area contributed by atoms with Crippen LogP contribution in [-0.4, -0.2) is 5.78 Å². The molecule has 0 amide bonds. The number of Topliss-reactive ketones (excluding diaryl/α,β-unsaturated/α-hetero) is 1. The smallest absolute Gasteiger partial charge is 0.137 e. The van der Waals surface area contributed by atoms with Crippen LogP contribution in [-0.2, 0) is 17.6 Å². The summed E-state index contributed by atoms with van der Waals surface area (Å²) in [5.41, 5.74) is 0.358. The highest BCUT2D eigenvalue weighted by atomic mass is 19.1. The van der Waals surface area contributed by atoms with Crippen LogP contribution >= 0.6 is 0 Å². The van der Waals surface area contributed by atoms with Crippen LogP contribution in [0.4, 0.5) is 8.78 Å². The van der Waals surface area contributed by atoms with E-state index in [1.54, 1.807) is 18.4 Å². The summed E-state index contributed by atoms with van der Waals surface area (Å²) in [6.45, 7) is 0. The van der Waals surface area contributed by atoms with E-state index in [-0.39, 0.29) is 12.2 Å². The molecule has 0 spiro atoms. The number of halogens is 2. The van der Waals surface area contributed by atoms with Crippen molar-refractivity contribution in [3.05, 3.63) is 59.6 Å². The average molecular weight is 250 g/mol.